The largest absolute Gasteiger partial charge is 0.406 e. The number of carbonyl (C=O) groups excluding carboxylic acids is 2. The van der Waals surface area contributed by atoms with Gasteiger partial charge >= 0.3 is 6.18 Å². The van der Waals surface area contributed by atoms with Crippen LogP contribution < -0.4 is 5.32 Å². The van der Waals surface area contributed by atoms with E-state index in [0.29, 0.717) is 15.5 Å². The van der Waals surface area contributed by atoms with Gasteiger partial charge in [-0.2, -0.15) is 13.2 Å². The van der Waals surface area contributed by atoms with Gasteiger partial charge in [-0.3, -0.25) is 9.59 Å². The van der Waals surface area contributed by atoms with Crippen LogP contribution in [0.3, 0.4) is 0 Å². The number of hydrogen-bond donors (Lipinski definition) is 1. The molecule has 1 rings (SSSR count). The van der Waals surface area contributed by atoms with Gasteiger partial charge in [0, 0.05) is 30.1 Å². The van der Waals surface area contributed by atoms with Crippen molar-refractivity contribution in [2.24, 2.45) is 0 Å². The third-order valence-corrected chi connectivity index (χ3v) is 3.06. The van der Waals surface area contributed by atoms with Crippen molar-refractivity contribution in [2.75, 3.05) is 19.6 Å². The van der Waals surface area contributed by atoms with E-state index in [1.807, 2.05) is 0 Å². The maximum atomic E-state index is 12.4. The van der Waals surface area contributed by atoms with E-state index < -0.39 is 24.5 Å². The molecule has 0 aliphatic carbocycles. The van der Waals surface area contributed by atoms with E-state index in [2.05, 4.69) is 11.9 Å². The topological polar surface area (TPSA) is 49.4 Å². The molecule has 1 aromatic rings. The highest BCUT2D eigenvalue weighted by Gasteiger charge is 2.32. The molecule has 0 fully saturated rings. The van der Waals surface area contributed by atoms with Crippen molar-refractivity contribution in [3.05, 3.63) is 47.5 Å². The summed E-state index contributed by atoms with van der Waals surface area (Å²) in [4.78, 5) is 24.2. The Labute approximate surface area is 136 Å². The molecule has 23 heavy (non-hydrogen) atoms. The van der Waals surface area contributed by atoms with Crippen molar-refractivity contribution >= 4 is 23.4 Å². The van der Waals surface area contributed by atoms with Crippen LogP contribution in [0.15, 0.2) is 36.9 Å². The van der Waals surface area contributed by atoms with Gasteiger partial charge in [0.25, 0.3) is 5.91 Å². The highest BCUT2D eigenvalue weighted by Crippen LogP contribution is 2.17. The molecule has 0 radical (unpaired) electrons. The Hall–Kier alpha value is -2.02. The molecule has 0 aromatic heterocycles. The van der Waals surface area contributed by atoms with Gasteiger partial charge in [0.2, 0.25) is 5.91 Å². The Morgan fingerprint density at radius 1 is 1.26 bits per heavy atom. The summed E-state index contributed by atoms with van der Waals surface area (Å²) in [5.74, 6) is -1.14. The fourth-order valence-corrected chi connectivity index (χ4v) is 1.90. The predicted molar refractivity (Wildman–Crippen MR) is 81.2 cm³/mol. The van der Waals surface area contributed by atoms with Gasteiger partial charge in [0.05, 0.1) is 0 Å². The summed E-state index contributed by atoms with van der Waals surface area (Å²) in [5.41, 5.74) is 0.347. The van der Waals surface area contributed by atoms with Gasteiger partial charge in [-0.25, -0.2) is 0 Å². The molecule has 0 bridgehead atoms. The van der Waals surface area contributed by atoms with Crippen molar-refractivity contribution in [1.82, 2.24) is 10.2 Å². The van der Waals surface area contributed by atoms with Crippen molar-refractivity contribution in [3.8, 4) is 0 Å². The van der Waals surface area contributed by atoms with Crippen LogP contribution in [0, 0.1) is 0 Å². The second kappa shape index (κ2) is 8.57. The summed E-state index contributed by atoms with van der Waals surface area (Å²) < 4.78 is 37.2. The lowest BCUT2D eigenvalue weighted by Crippen LogP contribution is -2.40. The van der Waals surface area contributed by atoms with Crippen LogP contribution in [0.5, 0.6) is 0 Å². The van der Waals surface area contributed by atoms with Gasteiger partial charge in [-0.05, 0) is 24.3 Å². The lowest BCUT2D eigenvalue weighted by atomic mass is 10.2. The number of carbonyl (C=O) groups is 2. The third kappa shape index (κ3) is 7.19. The van der Waals surface area contributed by atoms with E-state index in [1.165, 1.54) is 30.3 Å². The molecule has 0 atom stereocenters. The zero-order valence-electron chi connectivity index (χ0n) is 12.2. The molecule has 2 amide bonds. The molecule has 0 unspecified atom stereocenters. The number of rotatable bonds is 7. The normalized spacial score (nSPS) is 11.0. The minimum atomic E-state index is -4.48. The molecule has 0 heterocycles. The Morgan fingerprint density at radius 2 is 1.87 bits per heavy atom. The van der Waals surface area contributed by atoms with Crippen molar-refractivity contribution in [1.29, 1.82) is 0 Å². The van der Waals surface area contributed by atoms with Gasteiger partial charge in [-0.1, -0.05) is 17.7 Å². The summed E-state index contributed by atoms with van der Waals surface area (Å²) in [6, 6.07) is 6.09. The monoisotopic (exact) mass is 348 g/mol. The summed E-state index contributed by atoms with van der Waals surface area (Å²) in [6.45, 7) is 1.71. The van der Waals surface area contributed by atoms with Crippen LogP contribution in [-0.4, -0.2) is 42.5 Å². The first-order valence-electron chi connectivity index (χ1n) is 6.72. The first kappa shape index (κ1) is 19.0. The summed E-state index contributed by atoms with van der Waals surface area (Å²) in [5, 5.41) is 2.95. The number of alkyl halides is 3. The number of halogens is 4. The number of amides is 2. The highest BCUT2D eigenvalue weighted by atomic mass is 35.5. The van der Waals surface area contributed by atoms with E-state index in [-0.39, 0.29) is 19.5 Å². The number of benzene rings is 1. The molecule has 0 aliphatic heterocycles. The Bertz CT molecular complexity index is 559. The van der Waals surface area contributed by atoms with E-state index in [1.54, 1.807) is 0 Å². The first-order chi connectivity index (χ1) is 10.7. The number of hydrogen-bond acceptors (Lipinski definition) is 2. The standard InChI is InChI=1S/C15H16ClF3N2O2/c1-2-9-21(10-15(17,18)19)13(22)7-8-20-14(23)11-3-5-12(16)6-4-11/h2-6H,1,7-10H2,(H,20,23). The van der Waals surface area contributed by atoms with Gasteiger partial charge in [0.1, 0.15) is 6.54 Å². The molecule has 0 saturated heterocycles. The van der Waals surface area contributed by atoms with Crippen LogP contribution in [-0.2, 0) is 4.79 Å². The lowest BCUT2D eigenvalue weighted by molar-refractivity contribution is -0.160. The van der Waals surface area contributed by atoms with Crippen LogP contribution in [0.25, 0.3) is 0 Å². The molecule has 1 aromatic carbocycles. The van der Waals surface area contributed by atoms with E-state index in [4.69, 9.17) is 11.6 Å². The average molecular weight is 349 g/mol. The Morgan fingerprint density at radius 3 is 2.39 bits per heavy atom. The van der Waals surface area contributed by atoms with E-state index in [0.717, 1.165) is 0 Å². The van der Waals surface area contributed by atoms with Gasteiger partial charge < -0.3 is 10.2 Å². The van der Waals surface area contributed by atoms with Crippen molar-refractivity contribution < 1.29 is 22.8 Å². The second-order valence-corrected chi connectivity index (χ2v) is 5.13. The minimum absolute atomic E-state index is 0.0637. The predicted octanol–water partition coefficient (Wildman–Crippen LogP) is 3.04. The fraction of sp³-hybridized carbons (Fsp3) is 0.333. The van der Waals surface area contributed by atoms with E-state index in [9.17, 15) is 22.8 Å². The average Bonchev–Trinajstić information content (AvgIpc) is 2.46. The molecular weight excluding hydrogens is 333 g/mol. The minimum Gasteiger partial charge on any atom is -0.352 e. The van der Waals surface area contributed by atoms with Crippen LogP contribution in [0.4, 0.5) is 13.2 Å². The summed E-state index contributed by atoms with van der Waals surface area (Å²) in [6.07, 6.45) is -3.50. The van der Waals surface area contributed by atoms with Crippen LogP contribution in [0.2, 0.25) is 5.02 Å². The molecular formula is C15H16ClF3N2O2. The zero-order chi connectivity index (χ0) is 17.5. The third-order valence-electron chi connectivity index (χ3n) is 2.80. The second-order valence-electron chi connectivity index (χ2n) is 4.69. The molecule has 1 N–H and O–H groups in total. The van der Waals surface area contributed by atoms with Crippen molar-refractivity contribution in [2.45, 2.75) is 12.6 Å². The number of nitrogens with one attached hydrogen (secondary N) is 1. The molecule has 0 spiro atoms. The summed E-state index contributed by atoms with van der Waals surface area (Å²) >= 11 is 5.70. The fourth-order valence-electron chi connectivity index (χ4n) is 1.77. The SMILES string of the molecule is C=CCN(CC(F)(F)F)C(=O)CCNC(=O)c1ccc(Cl)cc1. The van der Waals surface area contributed by atoms with Crippen LogP contribution in [0.1, 0.15) is 16.8 Å². The van der Waals surface area contributed by atoms with Crippen LogP contribution >= 0.6 is 11.6 Å². The van der Waals surface area contributed by atoms with Crippen molar-refractivity contribution in [3.63, 3.8) is 0 Å². The molecule has 0 saturated carbocycles. The molecule has 8 heteroatoms. The Kier molecular flexibility index (Phi) is 7.09. The first-order valence-corrected chi connectivity index (χ1v) is 7.10. The quantitative estimate of drug-likeness (QED) is 0.770. The zero-order valence-corrected chi connectivity index (χ0v) is 13.0. The molecule has 0 aliphatic rings. The molecule has 4 nitrogen and oxygen atoms in total. The van der Waals surface area contributed by atoms with Gasteiger partial charge in [-0.15, -0.1) is 6.58 Å². The highest BCUT2D eigenvalue weighted by molar-refractivity contribution is 6.30. The maximum absolute atomic E-state index is 12.4. The maximum Gasteiger partial charge on any atom is 0.406 e. The smallest absolute Gasteiger partial charge is 0.352 e. The number of nitrogens with zero attached hydrogens (tertiary/aromatic N) is 1. The summed E-state index contributed by atoms with van der Waals surface area (Å²) in [7, 11) is 0. The lowest BCUT2D eigenvalue weighted by Gasteiger charge is -2.22. The van der Waals surface area contributed by atoms with E-state index >= 15 is 0 Å². The van der Waals surface area contributed by atoms with Gasteiger partial charge in [0.15, 0.2) is 0 Å². The molecule has 126 valence electrons. The Balaban J connectivity index is 2.49.